The summed E-state index contributed by atoms with van der Waals surface area (Å²) in [5.74, 6) is -4.10. The van der Waals surface area contributed by atoms with Gasteiger partial charge < -0.3 is 19.7 Å². The Labute approximate surface area is 148 Å². The fourth-order valence-corrected chi connectivity index (χ4v) is 2.70. The van der Waals surface area contributed by atoms with Gasteiger partial charge in [-0.15, -0.1) is 0 Å². The van der Waals surface area contributed by atoms with Crippen LogP contribution in [-0.4, -0.2) is 38.2 Å². The third-order valence-corrected chi connectivity index (χ3v) is 4.14. The highest BCUT2D eigenvalue weighted by molar-refractivity contribution is 5.94. The molecule has 1 atom stereocenters. The van der Waals surface area contributed by atoms with Crippen LogP contribution in [0.1, 0.15) is 22.0 Å². The number of likely N-dealkylation sites (N-methyl/N-ethyl adjacent to an activating group) is 1. The van der Waals surface area contributed by atoms with Crippen molar-refractivity contribution in [1.82, 2.24) is 10.2 Å². The van der Waals surface area contributed by atoms with Crippen LogP contribution in [0, 0.1) is 17.5 Å². The topological polar surface area (TPSA) is 50.8 Å². The molecule has 0 unspecified atom stereocenters. The molecule has 0 aliphatic carbocycles. The lowest BCUT2D eigenvalue weighted by Crippen LogP contribution is -2.35. The molecule has 2 aromatic carbocycles. The molecule has 2 aromatic rings. The number of benzene rings is 2. The van der Waals surface area contributed by atoms with E-state index in [4.69, 9.17) is 9.47 Å². The largest absolute Gasteiger partial charge is 0.454 e. The first-order valence-electron chi connectivity index (χ1n) is 7.86. The van der Waals surface area contributed by atoms with Crippen molar-refractivity contribution < 1.29 is 27.4 Å². The van der Waals surface area contributed by atoms with E-state index in [1.54, 1.807) is 12.1 Å². The summed E-state index contributed by atoms with van der Waals surface area (Å²) in [5.41, 5.74) is 0.303. The van der Waals surface area contributed by atoms with Crippen LogP contribution in [0.5, 0.6) is 11.5 Å². The molecule has 1 heterocycles. The molecule has 0 bridgehead atoms. The van der Waals surface area contributed by atoms with E-state index in [0.717, 1.165) is 11.6 Å². The van der Waals surface area contributed by atoms with Gasteiger partial charge in [-0.3, -0.25) is 4.79 Å². The molecule has 1 aliphatic rings. The Morgan fingerprint density at radius 3 is 2.58 bits per heavy atom. The van der Waals surface area contributed by atoms with Crippen molar-refractivity contribution in [3.05, 3.63) is 58.9 Å². The third-order valence-electron chi connectivity index (χ3n) is 4.14. The van der Waals surface area contributed by atoms with E-state index in [1.807, 2.05) is 25.1 Å². The average molecular weight is 366 g/mol. The van der Waals surface area contributed by atoms with Gasteiger partial charge in [-0.05, 0) is 43.9 Å². The van der Waals surface area contributed by atoms with Gasteiger partial charge in [-0.25, -0.2) is 13.2 Å². The quantitative estimate of drug-likeness (QED) is 0.827. The number of fused-ring (bicyclic) bond motifs is 1. The summed E-state index contributed by atoms with van der Waals surface area (Å²) < 4.78 is 50.7. The van der Waals surface area contributed by atoms with Gasteiger partial charge in [0.2, 0.25) is 6.79 Å². The van der Waals surface area contributed by atoms with Crippen LogP contribution in [0.25, 0.3) is 0 Å². The third kappa shape index (κ3) is 3.45. The van der Waals surface area contributed by atoms with Crippen LogP contribution in [0.3, 0.4) is 0 Å². The highest BCUT2D eigenvalue weighted by Gasteiger charge is 2.22. The standard InChI is InChI=1S/C18H17F3N2O3/c1-23(2)13(10-3-6-14-15(7-10)26-9-25-14)8-22-18(24)11-4-5-12(19)17(21)16(11)20/h3-7,13H,8-9H2,1-2H3,(H,22,24)/t13-/m0/s1. The minimum atomic E-state index is -1.67. The first kappa shape index (κ1) is 18.1. The molecule has 0 fully saturated rings. The zero-order valence-electron chi connectivity index (χ0n) is 14.2. The molecule has 0 aromatic heterocycles. The summed E-state index contributed by atoms with van der Waals surface area (Å²) in [7, 11) is 3.64. The highest BCUT2D eigenvalue weighted by atomic mass is 19.2. The number of hydrogen-bond donors (Lipinski definition) is 1. The molecule has 26 heavy (non-hydrogen) atoms. The second-order valence-corrected chi connectivity index (χ2v) is 6.03. The highest BCUT2D eigenvalue weighted by Crippen LogP contribution is 2.35. The van der Waals surface area contributed by atoms with Crippen LogP contribution in [-0.2, 0) is 0 Å². The van der Waals surface area contributed by atoms with E-state index in [-0.39, 0.29) is 19.4 Å². The van der Waals surface area contributed by atoms with Crippen LogP contribution >= 0.6 is 0 Å². The Bertz CT molecular complexity index is 843. The van der Waals surface area contributed by atoms with E-state index >= 15 is 0 Å². The van der Waals surface area contributed by atoms with Crippen molar-refractivity contribution in [2.45, 2.75) is 6.04 Å². The summed E-state index contributed by atoms with van der Waals surface area (Å²) in [6.45, 7) is 0.279. The lowest BCUT2D eigenvalue weighted by molar-refractivity contribution is 0.0936. The molecular weight excluding hydrogens is 349 g/mol. The number of carbonyl (C=O) groups is 1. The number of hydrogen-bond acceptors (Lipinski definition) is 4. The van der Waals surface area contributed by atoms with Crippen LogP contribution in [0.4, 0.5) is 13.2 Å². The van der Waals surface area contributed by atoms with Gasteiger partial charge in [0, 0.05) is 6.54 Å². The Morgan fingerprint density at radius 1 is 1.12 bits per heavy atom. The predicted octanol–water partition coefficient (Wildman–Crippen LogP) is 2.87. The molecule has 0 radical (unpaired) electrons. The second-order valence-electron chi connectivity index (χ2n) is 6.03. The van der Waals surface area contributed by atoms with Crippen molar-refractivity contribution in [2.75, 3.05) is 27.4 Å². The maximum Gasteiger partial charge on any atom is 0.254 e. The van der Waals surface area contributed by atoms with Crippen molar-refractivity contribution in [3.8, 4) is 11.5 Å². The van der Waals surface area contributed by atoms with Gasteiger partial charge in [-0.2, -0.15) is 0 Å². The fourth-order valence-electron chi connectivity index (χ4n) is 2.70. The van der Waals surface area contributed by atoms with Crippen LogP contribution in [0.15, 0.2) is 30.3 Å². The summed E-state index contributed by atoms with van der Waals surface area (Å²) in [6, 6.07) is 6.79. The zero-order chi connectivity index (χ0) is 18.8. The van der Waals surface area contributed by atoms with Crippen molar-refractivity contribution >= 4 is 5.91 Å². The van der Waals surface area contributed by atoms with Gasteiger partial charge >= 0.3 is 0 Å². The summed E-state index contributed by atoms with van der Waals surface area (Å²) in [6.07, 6.45) is 0. The number of ether oxygens (including phenoxy) is 2. The van der Waals surface area contributed by atoms with Gasteiger partial charge in [0.25, 0.3) is 5.91 Å². The first-order valence-corrected chi connectivity index (χ1v) is 7.86. The minimum absolute atomic E-state index is 0.129. The molecule has 0 saturated carbocycles. The smallest absolute Gasteiger partial charge is 0.254 e. The summed E-state index contributed by atoms with van der Waals surface area (Å²) in [4.78, 5) is 14.0. The van der Waals surface area contributed by atoms with Crippen molar-refractivity contribution in [2.24, 2.45) is 0 Å². The summed E-state index contributed by atoms with van der Waals surface area (Å²) >= 11 is 0. The number of amides is 1. The summed E-state index contributed by atoms with van der Waals surface area (Å²) in [5, 5.41) is 2.55. The molecule has 1 amide bonds. The zero-order valence-corrected chi connectivity index (χ0v) is 14.2. The molecule has 0 spiro atoms. The second kappa shape index (κ2) is 7.25. The molecule has 138 valence electrons. The van der Waals surface area contributed by atoms with Crippen molar-refractivity contribution in [1.29, 1.82) is 0 Å². The molecule has 3 rings (SSSR count). The van der Waals surface area contributed by atoms with Crippen LogP contribution < -0.4 is 14.8 Å². The Hall–Kier alpha value is -2.74. The lowest BCUT2D eigenvalue weighted by Gasteiger charge is -2.25. The number of nitrogens with one attached hydrogen (secondary N) is 1. The number of carbonyl (C=O) groups excluding carboxylic acids is 1. The fraction of sp³-hybridized carbons (Fsp3) is 0.278. The molecule has 1 N–H and O–H groups in total. The van der Waals surface area contributed by atoms with Crippen molar-refractivity contribution in [3.63, 3.8) is 0 Å². The van der Waals surface area contributed by atoms with E-state index in [0.29, 0.717) is 17.6 Å². The average Bonchev–Trinajstić information content (AvgIpc) is 3.07. The molecule has 1 aliphatic heterocycles. The van der Waals surface area contributed by atoms with Gasteiger partial charge in [-0.1, -0.05) is 6.07 Å². The van der Waals surface area contributed by atoms with E-state index in [1.165, 1.54) is 0 Å². The maximum absolute atomic E-state index is 13.8. The van der Waals surface area contributed by atoms with E-state index in [9.17, 15) is 18.0 Å². The normalized spacial score (nSPS) is 13.8. The maximum atomic E-state index is 13.8. The van der Waals surface area contributed by atoms with Gasteiger partial charge in [0.05, 0.1) is 11.6 Å². The first-order chi connectivity index (χ1) is 12.4. The van der Waals surface area contributed by atoms with Crippen LogP contribution in [0.2, 0.25) is 0 Å². The number of rotatable bonds is 5. The molecular formula is C18H17F3N2O3. The Kier molecular flexibility index (Phi) is 5.03. The molecule has 5 nitrogen and oxygen atoms in total. The number of nitrogens with zero attached hydrogens (tertiary/aromatic N) is 1. The Morgan fingerprint density at radius 2 is 1.85 bits per heavy atom. The predicted molar refractivity (Wildman–Crippen MR) is 87.6 cm³/mol. The van der Waals surface area contributed by atoms with Gasteiger partial charge in [0.1, 0.15) is 0 Å². The number of halogens is 3. The molecule has 0 saturated heterocycles. The van der Waals surface area contributed by atoms with E-state index < -0.39 is 28.9 Å². The van der Waals surface area contributed by atoms with E-state index in [2.05, 4.69) is 5.32 Å². The van der Waals surface area contributed by atoms with Gasteiger partial charge in [0.15, 0.2) is 29.0 Å². The Balaban J connectivity index is 1.75. The monoisotopic (exact) mass is 366 g/mol. The lowest BCUT2D eigenvalue weighted by atomic mass is 10.0. The SMILES string of the molecule is CN(C)[C@@H](CNC(=O)c1ccc(F)c(F)c1F)c1ccc2c(c1)OCO2. The minimum Gasteiger partial charge on any atom is -0.454 e. The molecule has 8 heteroatoms.